The fourth-order valence-electron chi connectivity index (χ4n) is 3.17. The van der Waals surface area contributed by atoms with E-state index in [4.69, 9.17) is 4.74 Å². The number of rotatable bonds is 5. The molecule has 4 heteroatoms. The van der Waals surface area contributed by atoms with Crippen LogP contribution in [-0.4, -0.2) is 47.3 Å². The van der Waals surface area contributed by atoms with Gasteiger partial charge >= 0.3 is 0 Å². The first-order valence-corrected chi connectivity index (χ1v) is 7.74. The van der Waals surface area contributed by atoms with E-state index in [1.54, 1.807) is 0 Å². The van der Waals surface area contributed by atoms with E-state index >= 15 is 0 Å². The fraction of sp³-hybridized carbons (Fsp3) is 0.933. The Bertz CT molecular complexity index is 300. The van der Waals surface area contributed by atoms with Crippen molar-refractivity contribution in [3.8, 4) is 0 Å². The molecule has 1 N–H and O–H groups in total. The van der Waals surface area contributed by atoms with Gasteiger partial charge in [0.1, 0.15) is 6.10 Å². The van der Waals surface area contributed by atoms with Crippen LogP contribution in [0.2, 0.25) is 0 Å². The zero-order valence-corrected chi connectivity index (χ0v) is 12.2. The lowest BCUT2D eigenvalue weighted by Crippen LogP contribution is -2.40. The molecule has 0 radical (unpaired) electrons. The molecule has 3 unspecified atom stereocenters. The molecule has 1 saturated carbocycles. The van der Waals surface area contributed by atoms with Crippen molar-refractivity contribution in [2.75, 3.05) is 13.1 Å². The third kappa shape index (κ3) is 3.69. The molecule has 1 aliphatic carbocycles. The van der Waals surface area contributed by atoms with Crippen LogP contribution in [0.5, 0.6) is 0 Å². The van der Waals surface area contributed by atoms with E-state index in [9.17, 15) is 9.90 Å². The number of carbonyl (C=O) groups excluding carboxylic acids is 1. The second kappa shape index (κ2) is 6.71. The van der Waals surface area contributed by atoms with Crippen molar-refractivity contribution < 1.29 is 14.6 Å². The molecular formula is C15H27NO3. The Kier molecular flexibility index (Phi) is 5.22. The summed E-state index contributed by atoms with van der Waals surface area (Å²) in [5.41, 5.74) is 0. The maximum atomic E-state index is 12.5. The van der Waals surface area contributed by atoms with E-state index < -0.39 is 0 Å². The lowest BCUT2D eigenvalue weighted by Gasteiger charge is -2.25. The number of carbonyl (C=O) groups is 1. The number of hydrogen-bond acceptors (Lipinski definition) is 3. The second-order valence-electron chi connectivity index (χ2n) is 6.01. The maximum Gasteiger partial charge on any atom is 0.251 e. The normalized spacial score (nSPS) is 27.7. The zero-order chi connectivity index (χ0) is 13.8. The van der Waals surface area contributed by atoms with Crippen LogP contribution in [0.1, 0.15) is 52.4 Å². The fourth-order valence-corrected chi connectivity index (χ4v) is 3.17. The summed E-state index contributed by atoms with van der Waals surface area (Å²) in [7, 11) is 0. The molecule has 1 amide bonds. The van der Waals surface area contributed by atoms with Gasteiger partial charge < -0.3 is 14.7 Å². The van der Waals surface area contributed by atoms with E-state index in [2.05, 4.69) is 0 Å². The number of amides is 1. The third-order valence-corrected chi connectivity index (χ3v) is 4.52. The molecule has 0 bridgehead atoms. The summed E-state index contributed by atoms with van der Waals surface area (Å²) >= 11 is 0. The van der Waals surface area contributed by atoms with Crippen molar-refractivity contribution in [2.24, 2.45) is 5.92 Å². The van der Waals surface area contributed by atoms with Gasteiger partial charge in [0.15, 0.2) is 0 Å². The molecule has 1 saturated heterocycles. The smallest absolute Gasteiger partial charge is 0.251 e. The number of likely N-dealkylation sites (tertiary alicyclic amines) is 1. The highest BCUT2D eigenvalue weighted by atomic mass is 16.5. The first-order chi connectivity index (χ1) is 9.11. The van der Waals surface area contributed by atoms with Crippen LogP contribution in [0.4, 0.5) is 0 Å². The lowest BCUT2D eigenvalue weighted by molar-refractivity contribution is -0.146. The van der Waals surface area contributed by atoms with Gasteiger partial charge in [-0.3, -0.25) is 4.79 Å². The molecule has 0 aromatic carbocycles. The summed E-state index contributed by atoms with van der Waals surface area (Å²) in [5.74, 6) is 0.352. The summed E-state index contributed by atoms with van der Waals surface area (Å²) < 4.78 is 5.98. The molecule has 1 heterocycles. The average molecular weight is 269 g/mol. The molecule has 3 atom stereocenters. The van der Waals surface area contributed by atoms with E-state index in [0.29, 0.717) is 6.54 Å². The van der Waals surface area contributed by atoms with Crippen molar-refractivity contribution >= 4 is 5.91 Å². The monoisotopic (exact) mass is 269 g/mol. The van der Waals surface area contributed by atoms with Crippen LogP contribution in [0.3, 0.4) is 0 Å². The van der Waals surface area contributed by atoms with Crippen molar-refractivity contribution in [2.45, 2.75) is 70.7 Å². The summed E-state index contributed by atoms with van der Waals surface area (Å²) in [6.07, 6.45) is 5.97. The number of ether oxygens (including phenoxy) is 1. The Balaban J connectivity index is 1.86. The van der Waals surface area contributed by atoms with Crippen LogP contribution < -0.4 is 0 Å². The third-order valence-electron chi connectivity index (χ3n) is 4.52. The predicted octanol–water partition coefficient (Wildman–Crippen LogP) is 1.95. The van der Waals surface area contributed by atoms with Gasteiger partial charge in [-0.15, -0.1) is 0 Å². The second-order valence-corrected chi connectivity index (χ2v) is 6.01. The number of aliphatic hydroxyl groups is 1. The van der Waals surface area contributed by atoms with Crippen molar-refractivity contribution in [1.82, 2.24) is 4.90 Å². The van der Waals surface area contributed by atoms with E-state index in [-0.39, 0.29) is 30.1 Å². The predicted molar refractivity (Wildman–Crippen MR) is 73.8 cm³/mol. The standard InChI is InChI=1S/C15H27NO3/c1-3-14(19-13-6-4-5-7-13)15(18)16-9-8-12(10-16)11(2)17/h11-14,17H,3-10H2,1-2H3. The highest BCUT2D eigenvalue weighted by molar-refractivity contribution is 5.81. The molecule has 110 valence electrons. The van der Waals surface area contributed by atoms with Crippen molar-refractivity contribution in [3.05, 3.63) is 0 Å². The minimum absolute atomic E-state index is 0.123. The summed E-state index contributed by atoms with van der Waals surface area (Å²) in [4.78, 5) is 14.3. The number of aliphatic hydroxyl groups excluding tert-OH is 1. The Morgan fingerprint density at radius 2 is 2.05 bits per heavy atom. The largest absolute Gasteiger partial charge is 0.393 e. The van der Waals surface area contributed by atoms with Crippen LogP contribution in [0.25, 0.3) is 0 Å². The number of nitrogens with zero attached hydrogens (tertiary/aromatic N) is 1. The first kappa shape index (κ1) is 14.8. The highest BCUT2D eigenvalue weighted by Crippen LogP contribution is 2.25. The van der Waals surface area contributed by atoms with E-state index in [1.807, 2.05) is 18.7 Å². The molecular weight excluding hydrogens is 242 g/mol. The Hall–Kier alpha value is -0.610. The molecule has 0 aromatic heterocycles. The molecule has 2 aliphatic rings. The molecule has 1 aliphatic heterocycles. The Morgan fingerprint density at radius 1 is 1.37 bits per heavy atom. The van der Waals surface area contributed by atoms with E-state index in [0.717, 1.165) is 32.2 Å². The van der Waals surface area contributed by atoms with Crippen LogP contribution >= 0.6 is 0 Å². The lowest BCUT2D eigenvalue weighted by atomic mass is 10.0. The van der Waals surface area contributed by atoms with Crippen LogP contribution in [-0.2, 0) is 9.53 Å². The topological polar surface area (TPSA) is 49.8 Å². The first-order valence-electron chi connectivity index (χ1n) is 7.74. The van der Waals surface area contributed by atoms with Crippen LogP contribution in [0, 0.1) is 5.92 Å². The molecule has 0 aromatic rings. The quantitative estimate of drug-likeness (QED) is 0.830. The Morgan fingerprint density at radius 3 is 2.58 bits per heavy atom. The van der Waals surface area contributed by atoms with E-state index in [1.165, 1.54) is 12.8 Å². The van der Waals surface area contributed by atoms with Crippen molar-refractivity contribution in [1.29, 1.82) is 0 Å². The minimum atomic E-state index is -0.325. The molecule has 2 rings (SSSR count). The van der Waals surface area contributed by atoms with Gasteiger partial charge in [0, 0.05) is 19.0 Å². The highest BCUT2D eigenvalue weighted by Gasteiger charge is 2.33. The van der Waals surface area contributed by atoms with Gasteiger partial charge in [-0.2, -0.15) is 0 Å². The van der Waals surface area contributed by atoms with Gasteiger partial charge in [-0.05, 0) is 32.6 Å². The SMILES string of the molecule is CCC(OC1CCCC1)C(=O)N1CCC(C(C)O)C1. The average Bonchev–Trinajstić information content (AvgIpc) is 3.06. The molecule has 2 fully saturated rings. The molecule has 0 spiro atoms. The molecule has 4 nitrogen and oxygen atoms in total. The summed E-state index contributed by atoms with van der Waals surface area (Å²) in [5, 5.41) is 9.61. The van der Waals surface area contributed by atoms with Crippen molar-refractivity contribution in [3.63, 3.8) is 0 Å². The maximum absolute atomic E-state index is 12.5. The van der Waals surface area contributed by atoms with Gasteiger partial charge in [-0.25, -0.2) is 0 Å². The van der Waals surface area contributed by atoms with Gasteiger partial charge in [0.25, 0.3) is 5.91 Å². The molecule has 19 heavy (non-hydrogen) atoms. The van der Waals surface area contributed by atoms with Gasteiger partial charge in [0.2, 0.25) is 0 Å². The minimum Gasteiger partial charge on any atom is -0.393 e. The van der Waals surface area contributed by atoms with Gasteiger partial charge in [0.05, 0.1) is 12.2 Å². The summed E-state index contributed by atoms with van der Waals surface area (Å²) in [6, 6.07) is 0. The van der Waals surface area contributed by atoms with Crippen LogP contribution in [0.15, 0.2) is 0 Å². The number of hydrogen-bond donors (Lipinski definition) is 1. The Labute approximate surface area is 116 Å². The van der Waals surface area contributed by atoms with Gasteiger partial charge in [-0.1, -0.05) is 19.8 Å². The zero-order valence-electron chi connectivity index (χ0n) is 12.2. The summed E-state index contributed by atoms with van der Waals surface area (Å²) in [6.45, 7) is 5.27.